The van der Waals surface area contributed by atoms with Gasteiger partial charge in [-0.2, -0.15) is 22.0 Å². The van der Waals surface area contributed by atoms with Crippen molar-refractivity contribution >= 4 is 5.91 Å². The third kappa shape index (κ3) is 3.61. The number of hydrogen-bond donors (Lipinski definition) is 2. The molecule has 8 heteroatoms. The molecular formula is C7H10F5NO2. The third-order valence-electron chi connectivity index (χ3n) is 1.58. The molecular weight excluding hydrogens is 225 g/mol. The maximum Gasteiger partial charge on any atom is 0.463 e. The van der Waals surface area contributed by atoms with Gasteiger partial charge in [0.25, 0.3) is 0 Å². The number of rotatable bonds is 4. The highest BCUT2D eigenvalue weighted by molar-refractivity contribution is 5.84. The molecule has 0 aromatic carbocycles. The van der Waals surface area contributed by atoms with E-state index >= 15 is 0 Å². The number of carbonyl (C=O) groups excluding carboxylic acids is 1. The standard InChI is InChI=1S/C7H10F5NO2/c1-4(2-3-14)13-5(15)6(8,9)7(10,11)12/h4,14H,2-3H2,1H3,(H,13,15). The van der Waals surface area contributed by atoms with Crippen molar-refractivity contribution < 1.29 is 31.9 Å². The number of amides is 1. The number of aliphatic hydroxyl groups is 1. The second-order valence-electron chi connectivity index (χ2n) is 2.96. The molecule has 0 saturated heterocycles. The first kappa shape index (κ1) is 14.1. The van der Waals surface area contributed by atoms with E-state index in [1.54, 1.807) is 0 Å². The fourth-order valence-corrected chi connectivity index (χ4v) is 0.709. The normalized spacial score (nSPS) is 14.9. The summed E-state index contributed by atoms with van der Waals surface area (Å²) >= 11 is 0. The van der Waals surface area contributed by atoms with Crippen LogP contribution in [0.4, 0.5) is 22.0 Å². The molecule has 0 radical (unpaired) electrons. The van der Waals surface area contributed by atoms with Gasteiger partial charge in [0, 0.05) is 12.6 Å². The third-order valence-corrected chi connectivity index (χ3v) is 1.58. The summed E-state index contributed by atoms with van der Waals surface area (Å²) in [5, 5.41) is 9.81. The number of aliphatic hydroxyl groups excluding tert-OH is 1. The lowest BCUT2D eigenvalue weighted by molar-refractivity contribution is -0.270. The minimum absolute atomic E-state index is 0.0975. The number of halogens is 5. The molecule has 0 aliphatic rings. The van der Waals surface area contributed by atoms with E-state index in [1.165, 1.54) is 12.2 Å². The zero-order valence-corrected chi connectivity index (χ0v) is 7.74. The van der Waals surface area contributed by atoms with Crippen LogP contribution in [0.1, 0.15) is 13.3 Å². The summed E-state index contributed by atoms with van der Waals surface area (Å²) in [6.07, 6.45) is -6.00. The van der Waals surface area contributed by atoms with Gasteiger partial charge in [0.1, 0.15) is 0 Å². The minimum atomic E-state index is -5.91. The minimum Gasteiger partial charge on any atom is -0.396 e. The number of hydrogen-bond acceptors (Lipinski definition) is 2. The summed E-state index contributed by atoms with van der Waals surface area (Å²) in [6.45, 7) is 0.791. The number of carbonyl (C=O) groups is 1. The van der Waals surface area contributed by atoms with E-state index in [0.29, 0.717) is 0 Å². The van der Waals surface area contributed by atoms with Gasteiger partial charge in [-0.15, -0.1) is 0 Å². The second kappa shape index (κ2) is 4.73. The Morgan fingerprint density at radius 3 is 2.13 bits per heavy atom. The Balaban J connectivity index is 4.45. The van der Waals surface area contributed by atoms with Crippen LogP contribution in [0.15, 0.2) is 0 Å². The highest BCUT2D eigenvalue weighted by Crippen LogP contribution is 2.35. The predicted octanol–water partition coefficient (Wildman–Crippen LogP) is 1.07. The van der Waals surface area contributed by atoms with Crippen LogP contribution < -0.4 is 5.32 Å². The van der Waals surface area contributed by atoms with Crippen molar-refractivity contribution in [3.8, 4) is 0 Å². The van der Waals surface area contributed by atoms with Crippen LogP contribution in [0, 0.1) is 0 Å². The van der Waals surface area contributed by atoms with Gasteiger partial charge in [-0.05, 0) is 13.3 Å². The highest BCUT2D eigenvalue weighted by Gasteiger charge is 2.63. The van der Waals surface area contributed by atoms with E-state index in [2.05, 4.69) is 0 Å². The smallest absolute Gasteiger partial charge is 0.396 e. The molecule has 0 aromatic rings. The molecule has 1 atom stereocenters. The van der Waals surface area contributed by atoms with Crippen LogP contribution >= 0.6 is 0 Å². The van der Waals surface area contributed by atoms with Crippen molar-refractivity contribution in [3.05, 3.63) is 0 Å². The lowest BCUT2D eigenvalue weighted by Crippen LogP contribution is -2.52. The first-order chi connectivity index (χ1) is 6.63. The molecule has 15 heavy (non-hydrogen) atoms. The molecule has 0 aliphatic heterocycles. The average molecular weight is 235 g/mol. The molecule has 0 spiro atoms. The monoisotopic (exact) mass is 235 g/mol. The SMILES string of the molecule is CC(CCO)NC(=O)C(F)(F)C(F)(F)F. The quantitative estimate of drug-likeness (QED) is 0.716. The molecule has 0 saturated carbocycles. The zero-order chi connectivity index (χ0) is 12.3. The van der Waals surface area contributed by atoms with Gasteiger partial charge in [-0.1, -0.05) is 0 Å². The second-order valence-corrected chi connectivity index (χ2v) is 2.96. The van der Waals surface area contributed by atoms with E-state index in [-0.39, 0.29) is 6.42 Å². The zero-order valence-electron chi connectivity index (χ0n) is 7.74. The Hall–Kier alpha value is -0.920. The van der Waals surface area contributed by atoms with Gasteiger partial charge in [-0.25, -0.2) is 0 Å². The molecule has 0 rings (SSSR count). The molecule has 0 aromatic heterocycles. The van der Waals surface area contributed by atoms with E-state index in [1.807, 2.05) is 0 Å². The Bertz CT molecular complexity index is 228. The molecule has 0 heterocycles. The molecule has 0 aliphatic carbocycles. The summed E-state index contributed by atoms with van der Waals surface area (Å²) in [6, 6.07) is -0.948. The lowest BCUT2D eigenvalue weighted by atomic mass is 10.2. The van der Waals surface area contributed by atoms with Crippen LogP contribution in [-0.4, -0.2) is 35.8 Å². The van der Waals surface area contributed by atoms with Gasteiger partial charge in [0.15, 0.2) is 0 Å². The lowest BCUT2D eigenvalue weighted by Gasteiger charge is -2.21. The van der Waals surface area contributed by atoms with Crippen molar-refractivity contribution in [2.45, 2.75) is 31.5 Å². The Morgan fingerprint density at radius 2 is 1.80 bits per heavy atom. The van der Waals surface area contributed by atoms with Gasteiger partial charge in [-0.3, -0.25) is 4.79 Å². The first-order valence-electron chi connectivity index (χ1n) is 3.99. The summed E-state index contributed by atoms with van der Waals surface area (Å²) in [5.74, 6) is -7.81. The van der Waals surface area contributed by atoms with Crippen LogP contribution in [0.25, 0.3) is 0 Å². The van der Waals surface area contributed by atoms with Crippen molar-refractivity contribution in [1.29, 1.82) is 0 Å². The van der Waals surface area contributed by atoms with Crippen molar-refractivity contribution in [2.24, 2.45) is 0 Å². The fourth-order valence-electron chi connectivity index (χ4n) is 0.709. The molecule has 1 amide bonds. The van der Waals surface area contributed by atoms with Gasteiger partial charge in [0.2, 0.25) is 0 Å². The van der Waals surface area contributed by atoms with E-state index < -0.39 is 30.7 Å². The number of alkyl halides is 5. The van der Waals surface area contributed by atoms with Crippen LogP contribution in [0.2, 0.25) is 0 Å². The van der Waals surface area contributed by atoms with Crippen LogP contribution in [0.3, 0.4) is 0 Å². The molecule has 0 fully saturated rings. The average Bonchev–Trinajstić information content (AvgIpc) is 2.02. The predicted molar refractivity (Wildman–Crippen MR) is 40.3 cm³/mol. The highest BCUT2D eigenvalue weighted by atomic mass is 19.4. The molecule has 0 bridgehead atoms. The maximum atomic E-state index is 12.3. The summed E-state index contributed by atoms with van der Waals surface area (Å²) in [7, 11) is 0. The van der Waals surface area contributed by atoms with Crippen LogP contribution in [-0.2, 0) is 4.79 Å². The number of nitrogens with one attached hydrogen (secondary N) is 1. The topological polar surface area (TPSA) is 49.3 Å². The van der Waals surface area contributed by atoms with Gasteiger partial charge >= 0.3 is 18.0 Å². The molecule has 2 N–H and O–H groups in total. The Labute approximate surface area is 82.3 Å². The van der Waals surface area contributed by atoms with Crippen LogP contribution in [0.5, 0.6) is 0 Å². The molecule has 1 unspecified atom stereocenters. The van der Waals surface area contributed by atoms with Crippen molar-refractivity contribution in [2.75, 3.05) is 6.61 Å². The van der Waals surface area contributed by atoms with Crippen molar-refractivity contribution in [1.82, 2.24) is 5.32 Å². The summed E-state index contributed by atoms with van der Waals surface area (Å²) in [4.78, 5) is 10.5. The fraction of sp³-hybridized carbons (Fsp3) is 0.857. The summed E-state index contributed by atoms with van der Waals surface area (Å²) < 4.78 is 59.6. The first-order valence-corrected chi connectivity index (χ1v) is 3.99. The van der Waals surface area contributed by atoms with E-state index in [0.717, 1.165) is 0 Å². The maximum absolute atomic E-state index is 12.3. The molecule has 90 valence electrons. The van der Waals surface area contributed by atoms with Gasteiger partial charge < -0.3 is 10.4 Å². The van der Waals surface area contributed by atoms with Gasteiger partial charge in [0.05, 0.1) is 0 Å². The molecule has 3 nitrogen and oxygen atoms in total. The Morgan fingerprint density at radius 1 is 1.33 bits per heavy atom. The van der Waals surface area contributed by atoms with E-state index in [9.17, 15) is 26.7 Å². The largest absolute Gasteiger partial charge is 0.463 e. The Kier molecular flexibility index (Phi) is 4.44. The van der Waals surface area contributed by atoms with E-state index in [4.69, 9.17) is 5.11 Å². The van der Waals surface area contributed by atoms with Crippen molar-refractivity contribution in [3.63, 3.8) is 0 Å². The summed E-state index contributed by atoms with van der Waals surface area (Å²) in [5.41, 5.74) is 0.